The van der Waals surface area contributed by atoms with E-state index in [0.29, 0.717) is 40.7 Å². The van der Waals surface area contributed by atoms with Crippen molar-refractivity contribution < 1.29 is 9.52 Å². The SMILES string of the molecule is O=c1c2ccccc2nc(SCc2coc(-c3ccccc3)n2)n1CCCO. The molecule has 0 aliphatic carbocycles. The number of para-hydroxylation sites is 1. The smallest absolute Gasteiger partial charge is 0.262 e. The van der Waals surface area contributed by atoms with Gasteiger partial charge >= 0.3 is 0 Å². The van der Waals surface area contributed by atoms with Gasteiger partial charge < -0.3 is 9.52 Å². The Morgan fingerprint density at radius 2 is 1.82 bits per heavy atom. The first-order valence-corrected chi connectivity index (χ1v) is 9.98. The molecule has 0 unspecified atom stereocenters. The van der Waals surface area contributed by atoms with Crippen molar-refractivity contribution in [3.63, 3.8) is 0 Å². The fourth-order valence-electron chi connectivity index (χ4n) is 2.91. The zero-order valence-corrected chi connectivity index (χ0v) is 15.9. The highest BCUT2D eigenvalue weighted by Crippen LogP contribution is 2.24. The van der Waals surface area contributed by atoms with Crippen LogP contribution in [-0.2, 0) is 12.3 Å². The van der Waals surface area contributed by atoms with Crippen LogP contribution >= 0.6 is 11.8 Å². The van der Waals surface area contributed by atoms with Crippen LogP contribution in [0.15, 0.2) is 75.2 Å². The largest absolute Gasteiger partial charge is 0.444 e. The molecule has 0 amide bonds. The maximum Gasteiger partial charge on any atom is 0.262 e. The molecule has 0 saturated heterocycles. The summed E-state index contributed by atoms with van der Waals surface area (Å²) in [4.78, 5) is 22.0. The summed E-state index contributed by atoms with van der Waals surface area (Å²) >= 11 is 1.44. The Labute approximate surface area is 165 Å². The summed E-state index contributed by atoms with van der Waals surface area (Å²) in [6, 6.07) is 17.0. The van der Waals surface area contributed by atoms with Crippen molar-refractivity contribution in [2.45, 2.75) is 23.9 Å². The molecule has 0 fully saturated rings. The topological polar surface area (TPSA) is 81.2 Å². The third-order valence-electron chi connectivity index (χ3n) is 4.29. The quantitative estimate of drug-likeness (QED) is 0.381. The second-order valence-electron chi connectivity index (χ2n) is 6.24. The van der Waals surface area contributed by atoms with Gasteiger partial charge in [0.1, 0.15) is 6.26 Å². The Morgan fingerprint density at radius 3 is 2.64 bits per heavy atom. The van der Waals surface area contributed by atoms with E-state index in [9.17, 15) is 9.90 Å². The van der Waals surface area contributed by atoms with E-state index in [0.717, 1.165) is 11.3 Å². The average Bonchev–Trinajstić information content (AvgIpc) is 3.21. The average molecular weight is 393 g/mol. The number of hydrogen-bond donors (Lipinski definition) is 1. The van der Waals surface area contributed by atoms with Gasteiger partial charge in [-0.05, 0) is 30.7 Å². The van der Waals surface area contributed by atoms with Crippen molar-refractivity contribution in [2.75, 3.05) is 6.61 Å². The van der Waals surface area contributed by atoms with Gasteiger partial charge in [-0.15, -0.1) is 0 Å². The van der Waals surface area contributed by atoms with Gasteiger partial charge in [0.15, 0.2) is 5.16 Å². The summed E-state index contributed by atoms with van der Waals surface area (Å²) in [6.07, 6.45) is 2.13. The third kappa shape index (κ3) is 3.85. The number of aliphatic hydroxyl groups is 1. The lowest BCUT2D eigenvalue weighted by atomic mass is 10.2. The fourth-order valence-corrected chi connectivity index (χ4v) is 3.81. The van der Waals surface area contributed by atoms with Crippen molar-refractivity contribution in [3.8, 4) is 11.5 Å². The first-order chi connectivity index (χ1) is 13.8. The molecule has 0 saturated carbocycles. The Bertz CT molecular complexity index is 1140. The van der Waals surface area contributed by atoms with Crippen molar-refractivity contribution in [1.82, 2.24) is 14.5 Å². The Kier molecular flexibility index (Phi) is 5.55. The summed E-state index contributed by atoms with van der Waals surface area (Å²) in [6.45, 7) is 0.441. The zero-order chi connectivity index (χ0) is 19.3. The molecule has 0 bridgehead atoms. The lowest BCUT2D eigenvalue weighted by Gasteiger charge is -2.12. The molecule has 2 heterocycles. The van der Waals surface area contributed by atoms with Crippen LogP contribution in [0.3, 0.4) is 0 Å². The number of nitrogens with zero attached hydrogens (tertiary/aromatic N) is 3. The van der Waals surface area contributed by atoms with E-state index in [1.807, 2.05) is 48.5 Å². The van der Waals surface area contributed by atoms with Crippen molar-refractivity contribution in [1.29, 1.82) is 0 Å². The van der Waals surface area contributed by atoms with Gasteiger partial charge in [0, 0.05) is 24.5 Å². The van der Waals surface area contributed by atoms with Gasteiger partial charge in [-0.3, -0.25) is 9.36 Å². The first kappa shape index (κ1) is 18.5. The van der Waals surface area contributed by atoms with Crippen LogP contribution in [0.5, 0.6) is 0 Å². The summed E-state index contributed by atoms with van der Waals surface area (Å²) in [5, 5.41) is 10.4. The monoisotopic (exact) mass is 393 g/mol. The van der Waals surface area contributed by atoms with Crippen LogP contribution < -0.4 is 5.56 Å². The highest BCUT2D eigenvalue weighted by molar-refractivity contribution is 7.98. The maximum absolute atomic E-state index is 12.8. The molecule has 28 heavy (non-hydrogen) atoms. The van der Waals surface area contributed by atoms with Gasteiger partial charge in [-0.2, -0.15) is 0 Å². The zero-order valence-electron chi connectivity index (χ0n) is 15.1. The van der Waals surface area contributed by atoms with E-state index in [4.69, 9.17) is 4.42 Å². The minimum atomic E-state index is -0.0910. The summed E-state index contributed by atoms with van der Waals surface area (Å²) in [5.41, 5.74) is 2.27. The standard InChI is InChI=1S/C21H19N3O3S/c25-12-6-11-24-20(26)17-9-4-5-10-18(17)23-21(24)28-14-16-13-27-19(22-16)15-7-2-1-3-8-15/h1-5,7-10,13,25H,6,11-12,14H2. The fraction of sp³-hybridized carbons (Fsp3) is 0.190. The number of oxazole rings is 1. The molecule has 4 aromatic rings. The summed E-state index contributed by atoms with van der Waals surface area (Å²) in [7, 11) is 0. The van der Waals surface area contributed by atoms with E-state index in [1.54, 1.807) is 16.9 Å². The minimum Gasteiger partial charge on any atom is -0.444 e. The van der Waals surface area contributed by atoms with E-state index >= 15 is 0 Å². The minimum absolute atomic E-state index is 0.0209. The Balaban J connectivity index is 1.60. The van der Waals surface area contributed by atoms with Gasteiger partial charge in [-0.1, -0.05) is 42.1 Å². The molecule has 2 aromatic heterocycles. The number of rotatable bonds is 7. The van der Waals surface area contributed by atoms with Gasteiger partial charge in [0.05, 0.1) is 16.6 Å². The molecule has 2 aromatic carbocycles. The molecule has 0 aliphatic rings. The first-order valence-electron chi connectivity index (χ1n) is 8.99. The summed E-state index contributed by atoms with van der Waals surface area (Å²) < 4.78 is 7.21. The molecule has 0 spiro atoms. The lowest BCUT2D eigenvalue weighted by Crippen LogP contribution is -2.24. The Hall–Kier alpha value is -2.90. The molecule has 0 aliphatic heterocycles. The predicted molar refractivity (Wildman–Crippen MR) is 109 cm³/mol. The molecule has 0 radical (unpaired) electrons. The van der Waals surface area contributed by atoms with E-state index in [1.165, 1.54) is 11.8 Å². The van der Waals surface area contributed by atoms with E-state index in [-0.39, 0.29) is 12.2 Å². The van der Waals surface area contributed by atoms with Crippen LogP contribution in [0.4, 0.5) is 0 Å². The van der Waals surface area contributed by atoms with Gasteiger partial charge in [0.2, 0.25) is 5.89 Å². The van der Waals surface area contributed by atoms with Crippen molar-refractivity contribution in [3.05, 3.63) is 76.9 Å². The molecule has 6 nitrogen and oxygen atoms in total. The van der Waals surface area contributed by atoms with Crippen LogP contribution in [0.1, 0.15) is 12.1 Å². The third-order valence-corrected chi connectivity index (χ3v) is 5.30. The summed E-state index contributed by atoms with van der Waals surface area (Å²) in [5.74, 6) is 1.10. The number of hydrogen-bond acceptors (Lipinski definition) is 6. The number of fused-ring (bicyclic) bond motifs is 1. The number of benzene rings is 2. The molecular formula is C21H19N3O3S. The second kappa shape index (κ2) is 8.41. The van der Waals surface area contributed by atoms with E-state index in [2.05, 4.69) is 9.97 Å². The van der Waals surface area contributed by atoms with Crippen LogP contribution in [0.25, 0.3) is 22.4 Å². The van der Waals surface area contributed by atoms with E-state index < -0.39 is 0 Å². The predicted octanol–water partition coefficient (Wildman–Crippen LogP) is 3.73. The van der Waals surface area contributed by atoms with Crippen molar-refractivity contribution >= 4 is 22.7 Å². The molecule has 4 rings (SSSR count). The lowest BCUT2D eigenvalue weighted by molar-refractivity contribution is 0.276. The number of aromatic nitrogens is 3. The molecular weight excluding hydrogens is 374 g/mol. The maximum atomic E-state index is 12.8. The van der Waals surface area contributed by atoms with Crippen LogP contribution in [0, 0.1) is 0 Å². The highest BCUT2D eigenvalue weighted by Gasteiger charge is 2.13. The van der Waals surface area contributed by atoms with Crippen molar-refractivity contribution in [2.24, 2.45) is 0 Å². The van der Waals surface area contributed by atoms with Gasteiger partial charge in [-0.25, -0.2) is 9.97 Å². The van der Waals surface area contributed by atoms with Crippen LogP contribution in [0.2, 0.25) is 0 Å². The normalized spacial score (nSPS) is 11.2. The highest BCUT2D eigenvalue weighted by atomic mass is 32.2. The van der Waals surface area contributed by atoms with Crippen LogP contribution in [-0.4, -0.2) is 26.2 Å². The molecule has 7 heteroatoms. The second-order valence-corrected chi connectivity index (χ2v) is 7.19. The Morgan fingerprint density at radius 1 is 1.04 bits per heavy atom. The molecule has 1 N–H and O–H groups in total. The molecule has 142 valence electrons. The van der Waals surface area contributed by atoms with Gasteiger partial charge in [0.25, 0.3) is 5.56 Å². The number of thioether (sulfide) groups is 1. The molecule has 0 atom stereocenters. The number of aliphatic hydroxyl groups excluding tert-OH is 1.